The average Bonchev–Trinajstić information content (AvgIpc) is 2.54. The Hall–Kier alpha value is -2.55. The van der Waals surface area contributed by atoms with E-state index in [1.165, 1.54) is 0 Å². The second kappa shape index (κ2) is 7.14. The summed E-state index contributed by atoms with van der Waals surface area (Å²) in [7, 11) is 0. The molecule has 0 radical (unpaired) electrons. The summed E-state index contributed by atoms with van der Waals surface area (Å²) in [6.45, 7) is 9.24. The van der Waals surface area contributed by atoms with Crippen molar-refractivity contribution >= 4 is 5.97 Å². The van der Waals surface area contributed by atoms with Crippen LogP contribution < -0.4 is 4.74 Å². The Morgan fingerprint density at radius 1 is 1.04 bits per heavy atom. The second-order valence-corrected chi connectivity index (χ2v) is 5.54. The van der Waals surface area contributed by atoms with Gasteiger partial charge in [0.2, 0.25) is 0 Å². The van der Waals surface area contributed by atoms with Gasteiger partial charge in [0.1, 0.15) is 11.5 Å². The zero-order chi connectivity index (χ0) is 17.0. The Bertz CT molecular complexity index is 745. The van der Waals surface area contributed by atoms with Gasteiger partial charge in [-0.05, 0) is 54.2 Å². The van der Waals surface area contributed by atoms with E-state index in [0.717, 1.165) is 35.1 Å². The summed E-state index contributed by atoms with van der Waals surface area (Å²) >= 11 is 0. The van der Waals surface area contributed by atoms with Crippen LogP contribution >= 0.6 is 0 Å². The maximum Gasteiger partial charge on any atom is 0.338 e. The van der Waals surface area contributed by atoms with Crippen LogP contribution in [0.15, 0.2) is 48.6 Å². The molecule has 0 atom stereocenters. The predicted molar refractivity (Wildman–Crippen MR) is 92.7 cm³/mol. The standard InChI is InChI=1S/C20H22O3/c1-5-14-7-9-16(11-18(14)21)17-10-8-15(6-2)19(12-17)23-20(22)13(3)4/h7-12,21H,3,5-6H2,1-2,4H3. The molecular formula is C20H22O3. The number of hydrogen-bond donors (Lipinski definition) is 1. The third kappa shape index (κ3) is 3.81. The number of hydrogen-bond acceptors (Lipinski definition) is 3. The van der Waals surface area contributed by atoms with Crippen LogP contribution in [0.3, 0.4) is 0 Å². The van der Waals surface area contributed by atoms with Crippen molar-refractivity contribution in [2.45, 2.75) is 33.6 Å². The Kier molecular flexibility index (Phi) is 5.22. The first-order valence-corrected chi connectivity index (χ1v) is 7.79. The lowest BCUT2D eigenvalue weighted by molar-refractivity contribution is -0.130. The van der Waals surface area contributed by atoms with Crippen molar-refractivity contribution < 1.29 is 14.6 Å². The lowest BCUT2D eigenvalue weighted by Gasteiger charge is -2.12. The van der Waals surface area contributed by atoms with Gasteiger partial charge < -0.3 is 9.84 Å². The minimum Gasteiger partial charge on any atom is -0.508 e. The molecule has 0 aliphatic carbocycles. The van der Waals surface area contributed by atoms with E-state index in [4.69, 9.17) is 4.74 Å². The van der Waals surface area contributed by atoms with Gasteiger partial charge in [-0.25, -0.2) is 4.79 Å². The molecule has 0 saturated carbocycles. The largest absolute Gasteiger partial charge is 0.508 e. The fourth-order valence-electron chi connectivity index (χ4n) is 2.35. The molecule has 3 nitrogen and oxygen atoms in total. The first kappa shape index (κ1) is 16.8. The lowest BCUT2D eigenvalue weighted by Crippen LogP contribution is -2.09. The lowest BCUT2D eigenvalue weighted by atomic mass is 9.99. The molecule has 0 amide bonds. The number of benzene rings is 2. The molecule has 3 heteroatoms. The fraction of sp³-hybridized carbons (Fsp3) is 0.250. The zero-order valence-electron chi connectivity index (χ0n) is 13.8. The molecule has 2 aromatic rings. The third-order valence-corrected chi connectivity index (χ3v) is 3.80. The van der Waals surface area contributed by atoms with Crippen LogP contribution in [0.2, 0.25) is 0 Å². The first-order valence-electron chi connectivity index (χ1n) is 7.79. The van der Waals surface area contributed by atoms with Crippen molar-refractivity contribution in [3.8, 4) is 22.6 Å². The van der Waals surface area contributed by atoms with E-state index >= 15 is 0 Å². The number of phenols is 1. The molecule has 2 aromatic carbocycles. The number of ether oxygens (including phenoxy) is 1. The molecule has 0 saturated heterocycles. The summed E-state index contributed by atoms with van der Waals surface area (Å²) in [5.74, 6) is 0.392. The molecule has 0 heterocycles. The van der Waals surface area contributed by atoms with Crippen LogP contribution in [0, 0.1) is 0 Å². The van der Waals surface area contributed by atoms with Crippen LogP contribution in [-0.2, 0) is 17.6 Å². The minimum absolute atomic E-state index is 0.282. The predicted octanol–water partition coefficient (Wildman–Crippen LogP) is 4.67. The summed E-state index contributed by atoms with van der Waals surface area (Å²) in [5, 5.41) is 10.0. The van der Waals surface area contributed by atoms with E-state index in [-0.39, 0.29) is 5.75 Å². The summed E-state index contributed by atoms with van der Waals surface area (Å²) in [4.78, 5) is 11.8. The molecule has 1 N–H and O–H groups in total. The molecule has 0 aliphatic rings. The van der Waals surface area contributed by atoms with Gasteiger partial charge in [-0.1, -0.05) is 44.7 Å². The molecule has 0 aromatic heterocycles. The van der Waals surface area contributed by atoms with Crippen LogP contribution in [-0.4, -0.2) is 11.1 Å². The van der Waals surface area contributed by atoms with Crippen molar-refractivity contribution in [2.75, 3.05) is 0 Å². The molecular weight excluding hydrogens is 288 g/mol. The maximum absolute atomic E-state index is 11.8. The van der Waals surface area contributed by atoms with Crippen LogP contribution in [0.4, 0.5) is 0 Å². The fourth-order valence-corrected chi connectivity index (χ4v) is 2.35. The molecule has 0 fully saturated rings. The second-order valence-electron chi connectivity index (χ2n) is 5.54. The van der Waals surface area contributed by atoms with Crippen molar-refractivity contribution in [1.82, 2.24) is 0 Å². The number of phenolic OH excluding ortho intramolecular Hbond substituents is 1. The van der Waals surface area contributed by atoms with Crippen molar-refractivity contribution in [2.24, 2.45) is 0 Å². The molecule has 0 aliphatic heterocycles. The number of aromatic hydroxyl groups is 1. The van der Waals surface area contributed by atoms with Crippen molar-refractivity contribution in [3.05, 3.63) is 59.7 Å². The monoisotopic (exact) mass is 310 g/mol. The Morgan fingerprint density at radius 3 is 2.13 bits per heavy atom. The average molecular weight is 310 g/mol. The number of esters is 1. The van der Waals surface area contributed by atoms with E-state index in [1.807, 2.05) is 44.2 Å². The van der Waals surface area contributed by atoms with Gasteiger partial charge in [0.25, 0.3) is 0 Å². The summed E-state index contributed by atoms with van der Waals surface area (Å²) < 4.78 is 5.43. The van der Waals surface area contributed by atoms with Crippen molar-refractivity contribution in [1.29, 1.82) is 0 Å². The van der Waals surface area contributed by atoms with E-state index in [2.05, 4.69) is 6.58 Å². The van der Waals surface area contributed by atoms with Crippen LogP contribution in [0.5, 0.6) is 11.5 Å². The highest BCUT2D eigenvalue weighted by Gasteiger charge is 2.11. The minimum atomic E-state index is -0.430. The maximum atomic E-state index is 11.8. The molecule has 120 valence electrons. The topological polar surface area (TPSA) is 46.5 Å². The van der Waals surface area contributed by atoms with Gasteiger partial charge in [0.15, 0.2) is 0 Å². The van der Waals surface area contributed by atoms with Crippen molar-refractivity contribution in [3.63, 3.8) is 0 Å². The molecule has 0 spiro atoms. The van der Waals surface area contributed by atoms with Crippen LogP contribution in [0.25, 0.3) is 11.1 Å². The molecule has 0 unspecified atom stereocenters. The van der Waals surface area contributed by atoms with Gasteiger partial charge in [-0.2, -0.15) is 0 Å². The van der Waals surface area contributed by atoms with Crippen LogP contribution in [0.1, 0.15) is 31.9 Å². The normalized spacial score (nSPS) is 10.4. The van der Waals surface area contributed by atoms with E-state index in [9.17, 15) is 9.90 Å². The van der Waals surface area contributed by atoms with E-state index in [0.29, 0.717) is 11.3 Å². The van der Waals surface area contributed by atoms with Gasteiger partial charge in [-0.3, -0.25) is 0 Å². The number of rotatable bonds is 5. The molecule has 2 rings (SSSR count). The quantitative estimate of drug-likeness (QED) is 0.496. The Morgan fingerprint density at radius 2 is 1.61 bits per heavy atom. The van der Waals surface area contributed by atoms with Gasteiger partial charge in [0.05, 0.1) is 0 Å². The highest BCUT2D eigenvalue weighted by Crippen LogP contribution is 2.31. The van der Waals surface area contributed by atoms with E-state index < -0.39 is 5.97 Å². The van der Waals surface area contributed by atoms with Gasteiger partial charge in [-0.15, -0.1) is 0 Å². The summed E-state index contributed by atoms with van der Waals surface area (Å²) in [5.41, 5.74) is 4.01. The SMILES string of the molecule is C=C(C)C(=O)Oc1cc(-c2ccc(CC)c(O)c2)ccc1CC. The Labute approximate surface area is 137 Å². The number of carbonyl (C=O) groups is 1. The molecule has 23 heavy (non-hydrogen) atoms. The summed E-state index contributed by atoms with van der Waals surface area (Å²) in [6.07, 6.45) is 1.54. The highest BCUT2D eigenvalue weighted by atomic mass is 16.5. The summed E-state index contributed by atoms with van der Waals surface area (Å²) in [6, 6.07) is 11.4. The van der Waals surface area contributed by atoms with E-state index in [1.54, 1.807) is 13.0 Å². The highest BCUT2D eigenvalue weighted by molar-refractivity contribution is 5.89. The van der Waals surface area contributed by atoms with Gasteiger partial charge in [0, 0.05) is 5.57 Å². The smallest absolute Gasteiger partial charge is 0.338 e. The zero-order valence-corrected chi connectivity index (χ0v) is 13.8. The third-order valence-electron chi connectivity index (χ3n) is 3.80. The first-order chi connectivity index (χ1) is 11.0. The van der Waals surface area contributed by atoms with Gasteiger partial charge >= 0.3 is 5.97 Å². The molecule has 0 bridgehead atoms. The number of carbonyl (C=O) groups excluding carboxylic acids is 1. The Balaban J connectivity index is 2.42. The number of aryl methyl sites for hydroxylation is 2.